The summed E-state index contributed by atoms with van der Waals surface area (Å²) in [6.45, 7) is 3.51. The number of hydrogen-bond acceptors (Lipinski definition) is 6. The third-order valence-corrected chi connectivity index (χ3v) is 4.01. The average Bonchev–Trinajstić information content (AvgIpc) is 2.66. The van der Waals surface area contributed by atoms with Crippen LogP contribution in [0.2, 0.25) is 0 Å². The third kappa shape index (κ3) is 3.51. The number of nitrogens with zero attached hydrogens (tertiary/aromatic N) is 4. The molecule has 7 nitrogen and oxygen atoms in total. The molecule has 132 valence electrons. The Morgan fingerprint density at radius 2 is 1.85 bits per heavy atom. The van der Waals surface area contributed by atoms with Crippen LogP contribution in [0.5, 0.6) is 0 Å². The molecule has 3 rings (SSSR count). The molecule has 0 unspecified atom stereocenters. The standard InChI is InChI=1S/C19H19N5O2/c1-19(2,17(26)13-7-5-4-6-8-13)23-18-22-15(11-16(25)24(18)3)14-9-10-20-12-21-14/h4-12H,1-3H3,(H,22,23). The molecule has 26 heavy (non-hydrogen) atoms. The van der Waals surface area contributed by atoms with Gasteiger partial charge in [0.15, 0.2) is 5.78 Å². The van der Waals surface area contributed by atoms with Gasteiger partial charge in [-0.05, 0) is 19.9 Å². The van der Waals surface area contributed by atoms with Crippen molar-refractivity contribution < 1.29 is 4.79 Å². The molecule has 2 heterocycles. The van der Waals surface area contributed by atoms with Crippen LogP contribution in [0.1, 0.15) is 24.2 Å². The Bertz CT molecular complexity index is 982. The molecule has 0 saturated carbocycles. The van der Waals surface area contributed by atoms with Crippen molar-refractivity contribution in [3.8, 4) is 11.4 Å². The number of carbonyl (C=O) groups is 1. The van der Waals surface area contributed by atoms with Crippen molar-refractivity contribution in [3.63, 3.8) is 0 Å². The lowest BCUT2D eigenvalue weighted by Crippen LogP contribution is -2.42. The van der Waals surface area contributed by atoms with Crippen LogP contribution in [-0.2, 0) is 7.05 Å². The maximum absolute atomic E-state index is 12.8. The molecule has 0 atom stereocenters. The molecule has 0 aliphatic rings. The van der Waals surface area contributed by atoms with Crippen LogP contribution in [0.15, 0.2) is 59.8 Å². The van der Waals surface area contributed by atoms with E-state index in [1.54, 1.807) is 45.3 Å². The van der Waals surface area contributed by atoms with Gasteiger partial charge in [-0.2, -0.15) is 0 Å². The van der Waals surface area contributed by atoms with Crippen LogP contribution in [-0.4, -0.2) is 30.8 Å². The maximum Gasteiger partial charge on any atom is 0.255 e. The molecule has 3 aromatic rings. The van der Waals surface area contributed by atoms with Crippen molar-refractivity contribution in [2.24, 2.45) is 7.05 Å². The Labute approximate surface area is 150 Å². The van der Waals surface area contributed by atoms with Gasteiger partial charge in [-0.1, -0.05) is 30.3 Å². The minimum Gasteiger partial charge on any atom is -0.343 e. The van der Waals surface area contributed by atoms with E-state index in [0.29, 0.717) is 22.9 Å². The number of anilines is 1. The molecule has 0 fully saturated rings. The van der Waals surface area contributed by atoms with Gasteiger partial charge in [-0.3, -0.25) is 14.2 Å². The Hall–Kier alpha value is -3.35. The number of carbonyl (C=O) groups excluding carboxylic acids is 1. The Morgan fingerprint density at radius 3 is 2.50 bits per heavy atom. The zero-order valence-electron chi connectivity index (χ0n) is 14.8. The minimum atomic E-state index is -0.956. The van der Waals surface area contributed by atoms with Crippen molar-refractivity contribution in [2.45, 2.75) is 19.4 Å². The molecule has 0 saturated heterocycles. The number of benzene rings is 1. The number of rotatable bonds is 5. The number of ketones is 1. The lowest BCUT2D eigenvalue weighted by Gasteiger charge is -2.26. The Kier molecular flexibility index (Phi) is 4.62. The predicted molar refractivity (Wildman–Crippen MR) is 99.0 cm³/mol. The third-order valence-electron chi connectivity index (χ3n) is 4.01. The van der Waals surface area contributed by atoms with E-state index in [1.807, 2.05) is 18.2 Å². The lowest BCUT2D eigenvalue weighted by atomic mass is 9.93. The normalized spacial score (nSPS) is 11.2. The largest absolute Gasteiger partial charge is 0.343 e. The van der Waals surface area contributed by atoms with Crippen molar-refractivity contribution in [3.05, 3.63) is 70.9 Å². The van der Waals surface area contributed by atoms with Crippen molar-refractivity contribution in [2.75, 3.05) is 5.32 Å². The number of Topliss-reactive ketones (excluding diaryl/α,β-unsaturated/α-hetero) is 1. The molecule has 1 aromatic carbocycles. The van der Waals surface area contributed by atoms with E-state index in [-0.39, 0.29) is 11.3 Å². The second kappa shape index (κ2) is 6.87. The SMILES string of the molecule is Cn1c(NC(C)(C)C(=O)c2ccccc2)nc(-c2ccncn2)cc1=O. The second-order valence-electron chi connectivity index (χ2n) is 6.40. The van der Waals surface area contributed by atoms with Crippen LogP contribution in [0, 0.1) is 0 Å². The summed E-state index contributed by atoms with van der Waals surface area (Å²) < 4.78 is 1.37. The van der Waals surface area contributed by atoms with Crippen LogP contribution in [0.3, 0.4) is 0 Å². The maximum atomic E-state index is 12.8. The van der Waals surface area contributed by atoms with Gasteiger partial charge in [-0.15, -0.1) is 0 Å². The van der Waals surface area contributed by atoms with Gasteiger partial charge in [0.1, 0.15) is 6.33 Å². The first-order chi connectivity index (χ1) is 12.4. The summed E-state index contributed by atoms with van der Waals surface area (Å²) in [7, 11) is 1.60. The van der Waals surface area contributed by atoms with Gasteiger partial charge < -0.3 is 5.32 Å². The first-order valence-electron chi connectivity index (χ1n) is 8.11. The highest BCUT2D eigenvalue weighted by Gasteiger charge is 2.29. The molecular weight excluding hydrogens is 330 g/mol. The fourth-order valence-corrected chi connectivity index (χ4v) is 2.51. The van der Waals surface area contributed by atoms with E-state index in [1.165, 1.54) is 17.0 Å². The topological polar surface area (TPSA) is 89.8 Å². The van der Waals surface area contributed by atoms with Crippen LogP contribution in [0.4, 0.5) is 5.95 Å². The molecule has 0 amide bonds. The monoisotopic (exact) mass is 349 g/mol. The molecule has 1 N–H and O–H groups in total. The van der Waals surface area contributed by atoms with Gasteiger partial charge in [0.05, 0.1) is 16.9 Å². The highest BCUT2D eigenvalue weighted by Crippen LogP contribution is 2.20. The molecule has 0 aliphatic heterocycles. The molecule has 0 radical (unpaired) electrons. The quantitative estimate of drug-likeness (QED) is 0.711. The Morgan fingerprint density at radius 1 is 1.12 bits per heavy atom. The summed E-state index contributed by atoms with van der Waals surface area (Å²) in [4.78, 5) is 37.6. The molecule has 0 aliphatic carbocycles. The van der Waals surface area contributed by atoms with Gasteiger partial charge in [0.25, 0.3) is 5.56 Å². The lowest BCUT2D eigenvalue weighted by molar-refractivity contribution is 0.0926. The summed E-state index contributed by atoms with van der Waals surface area (Å²) >= 11 is 0. The van der Waals surface area contributed by atoms with E-state index in [4.69, 9.17) is 0 Å². The smallest absolute Gasteiger partial charge is 0.255 e. The zero-order valence-corrected chi connectivity index (χ0v) is 14.8. The van der Waals surface area contributed by atoms with Crippen LogP contribution < -0.4 is 10.9 Å². The number of hydrogen-bond donors (Lipinski definition) is 1. The summed E-state index contributed by atoms with van der Waals surface area (Å²) in [6.07, 6.45) is 2.97. The summed E-state index contributed by atoms with van der Waals surface area (Å²) in [5.74, 6) is 0.195. The molecule has 0 spiro atoms. The first-order valence-corrected chi connectivity index (χ1v) is 8.11. The number of aromatic nitrogens is 4. The summed E-state index contributed by atoms with van der Waals surface area (Å²) in [6, 6.07) is 12.1. The fourth-order valence-electron chi connectivity index (χ4n) is 2.51. The van der Waals surface area contributed by atoms with Crippen LogP contribution >= 0.6 is 0 Å². The minimum absolute atomic E-state index is 0.0974. The van der Waals surface area contributed by atoms with Crippen molar-refractivity contribution >= 4 is 11.7 Å². The van der Waals surface area contributed by atoms with Crippen LogP contribution in [0.25, 0.3) is 11.4 Å². The Balaban J connectivity index is 1.97. The second-order valence-corrected chi connectivity index (χ2v) is 6.40. The fraction of sp³-hybridized carbons (Fsp3) is 0.211. The molecule has 2 aromatic heterocycles. The predicted octanol–water partition coefficient (Wildman–Crippen LogP) is 2.31. The van der Waals surface area contributed by atoms with E-state index in [0.717, 1.165) is 0 Å². The van der Waals surface area contributed by atoms with E-state index in [9.17, 15) is 9.59 Å². The summed E-state index contributed by atoms with van der Waals surface area (Å²) in [5.41, 5.74) is 0.331. The van der Waals surface area contributed by atoms with Crippen molar-refractivity contribution in [1.82, 2.24) is 19.5 Å². The first kappa shape index (κ1) is 17.5. The highest BCUT2D eigenvalue weighted by molar-refractivity contribution is 6.04. The van der Waals surface area contributed by atoms with Gasteiger partial charge >= 0.3 is 0 Å². The molecule has 0 bridgehead atoms. The van der Waals surface area contributed by atoms with Gasteiger partial charge in [0, 0.05) is 24.9 Å². The van der Waals surface area contributed by atoms with E-state index in [2.05, 4.69) is 20.3 Å². The summed E-state index contributed by atoms with van der Waals surface area (Å²) in [5, 5.41) is 3.09. The molecular formula is C19H19N5O2. The number of nitrogens with one attached hydrogen (secondary N) is 1. The van der Waals surface area contributed by atoms with E-state index < -0.39 is 5.54 Å². The van der Waals surface area contributed by atoms with E-state index >= 15 is 0 Å². The van der Waals surface area contributed by atoms with Gasteiger partial charge in [0.2, 0.25) is 5.95 Å². The average molecular weight is 349 g/mol. The molecule has 7 heteroatoms. The van der Waals surface area contributed by atoms with Crippen molar-refractivity contribution in [1.29, 1.82) is 0 Å². The van der Waals surface area contributed by atoms with Gasteiger partial charge in [-0.25, -0.2) is 15.0 Å². The highest BCUT2D eigenvalue weighted by atomic mass is 16.1. The zero-order chi connectivity index (χ0) is 18.7.